The van der Waals surface area contributed by atoms with Gasteiger partial charge in [-0.2, -0.15) is 13.2 Å². The predicted octanol–water partition coefficient (Wildman–Crippen LogP) is 1.02. The zero-order chi connectivity index (χ0) is 24.2. The van der Waals surface area contributed by atoms with Crippen molar-refractivity contribution in [3.63, 3.8) is 0 Å². The number of urea groups is 1. The summed E-state index contributed by atoms with van der Waals surface area (Å²) in [6, 6.07) is -0.0822. The van der Waals surface area contributed by atoms with Crippen molar-refractivity contribution in [2.24, 2.45) is 0 Å². The summed E-state index contributed by atoms with van der Waals surface area (Å²) in [6.07, 6.45) is -4.99. The molecule has 14 heteroatoms. The quantitative estimate of drug-likeness (QED) is 0.273. The molecule has 192 valence electrons. The van der Waals surface area contributed by atoms with Gasteiger partial charge in [-0.05, 0) is 32.1 Å². The van der Waals surface area contributed by atoms with Crippen LogP contribution in [0.15, 0.2) is 0 Å². The standard InChI is InChI=1S/C19H34ClF4N7O2/c1-30(2)18(32)31-7-5-11(6-8-31)25-15-27-16(26-12-3-4-14(21)13(20)9-12)29-17(28-15)33-10-19(22,23)24/h11-17,25-29H,3-10H2,1-2H3. The summed E-state index contributed by atoms with van der Waals surface area (Å²) in [5.74, 6) is 0. The van der Waals surface area contributed by atoms with Crippen LogP contribution in [0.25, 0.3) is 0 Å². The summed E-state index contributed by atoms with van der Waals surface area (Å²) in [7, 11) is 3.41. The van der Waals surface area contributed by atoms with Crippen molar-refractivity contribution >= 4 is 17.6 Å². The molecule has 3 aliphatic rings. The summed E-state index contributed by atoms with van der Waals surface area (Å²) in [5.41, 5.74) is 0. The second-order valence-corrected chi connectivity index (χ2v) is 9.55. The number of rotatable bonds is 6. The highest BCUT2D eigenvalue weighted by molar-refractivity contribution is 6.21. The first-order valence-corrected chi connectivity index (χ1v) is 11.7. The molecule has 0 aromatic rings. The number of halogens is 5. The van der Waals surface area contributed by atoms with Crippen LogP contribution in [-0.2, 0) is 4.74 Å². The van der Waals surface area contributed by atoms with Gasteiger partial charge >= 0.3 is 12.2 Å². The van der Waals surface area contributed by atoms with Crippen molar-refractivity contribution in [1.29, 1.82) is 0 Å². The molecule has 3 rings (SSSR count). The van der Waals surface area contributed by atoms with E-state index in [9.17, 15) is 22.4 Å². The molecule has 6 atom stereocenters. The lowest BCUT2D eigenvalue weighted by Crippen LogP contribution is -2.76. The van der Waals surface area contributed by atoms with E-state index in [0.717, 1.165) is 0 Å². The lowest BCUT2D eigenvalue weighted by molar-refractivity contribution is -0.199. The fourth-order valence-corrected chi connectivity index (χ4v) is 4.64. The predicted molar refractivity (Wildman–Crippen MR) is 115 cm³/mol. The Morgan fingerprint density at radius 3 is 2.21 bits per heavy atom. The number of nitrogens with zero attached hydrogens (tertiary/aromatic N) is 2. The third kappa shape index (κ3) is 8.34. The minimum absolute atomic E-state index is 0.0444. The van der Waals surface area contributed by atoms with Crippen molar-refractivity contribution in [1.82, 2.24) is 36.4 Å². The molecule has 0 aromatic carbocycles. The number of nitrogens with one attached hydrogen (secondary N) is 5. The molecule has 1 saturated carbocycles. The highest BCUT2D eigenvalue weighted by Gasteiger charge is 2.36. The minimum atomic E-state index is -4.46. The monoisotopic (exact) mass is 503 g/mol. The van der Waals surface area contributed by atoms with Gasteiger partial charge in [0.05, 0.1) is 5.38 Å². The molecule has 3 fully saturated rings. The fourth-order valence-electron chi connectivity index (χ4n) is 4.30. The van der Waals surface area contributed by atoms with E-state index in [-0.39, 0.29) is 18.1 Å². The Morgan fingerprint density at radius 1 is 1.06 bits per heavy atom. The van der Waals surface area contributed by atoms with Crippen molar-refractivity contribution in [2.75, 3.05) is 33.8 Å². The van der Waals surface area contributed by atoms with Gasteiger partial charge in [0.15, 0.2) is 6.35 Å². The van der Waals surface area contributed by atoms with Crippen LogP contribution in [0.2, 0.25) is 0 Å². The largest absolute Gasteiger partial charge is 0.411 e. The smallest absolute Gasteiger partial charge is 0.340 e. The van der Waals surface area contributed by atoms with Gasteiger partial charge in [0.1, 0.15) is 25.4 Å². The zero-order valence-corrected chi connectivity index (χ0v) is 19.6. The number of ether oxygens (including phenoxy) is 1. The maximum atomic E-state index is 13.7. The Hall–Kier alpha value is -0.960. The van der Waals surface area contributed by atoms with Crippen molar-refractivity contribution < 1.29 is 27.1 Å². The number of hydrogen-bond acceptors (Lipinski definition) is 7. The van der Waals surface area contributed by atoms with Gasteiger partial charge in [-0.25, -0.2) is 9.18 Å². The average Bonchev–Trinajstić information content (AvgIpc) is 2.74. The van der Waals surface area contributed by atoms with E-state index in [1.54, 1.807) is 19.0 Å². The van der Waals surface area contributed by atoms with Crippen LogP contribution in [0.4, 0.5) is 22.4 Å². The van der Waals surface area contributed by atoms with E-state index in [4.69, 9.17) is 16.3 Å². The molecule has 6 unspecified atom stereocenters. The minimum Gasteiger partial charge on any atom is -0.340 e. The van der Waals surface area contributed by atoms with E-state index < -0.39 is 43.3 Å². The summed E-state index contributed by atoms with van der Waals surface area (Å²) in [6.45, 7) is -0.239. The Kier molecular flexibility index (Phi) is 9.40. The van der Waals surface area contributed by atoms with Crippen LogP contribution < -0.4 is 26.6 Å². The number of carbonyl (C=O) groups is 1. The summed E-state index contributed by atoms with van der Waals surface area (Å²) >= 11 is 6.06. The molecule has 2 amide bonds. The Labute approximate surface area is 196 Å². The molecule has 2 saturated heterocycles. The molecular weight excluding hydrogens is 470 g/mol. The molecule has 1 aliphatic carbocycles. The maximum Gasteiger partial charge on any atom is 0.411 e. The third-order valence-electron chi connectivity index (χ3n) is 6.03. The maximum absolute atomic E-state index is 13.7. The van der Waals surface area contributed by atoms with Crippen molar-refractivity contribution in [3.05, 3.63) is 0 Å². The van der Waals surface area contributed by atoms with Crippen LogP contribution in [0.5, 0.6) is 0 Å². The van der Waals surface area contributed by atoms with Crippen molar-refractivity contribution in [3.8, 4) is 0 Å². The van der Waals surface area contributed by atoms with Crippen LogP contribution >= 0.6 is 11.6 Å². The van der Waals surface area contributed by atoms with E-state index in [0.29, 0.717) is 45.2 Å². The van der Waals surface area contributed by atoms with Gasteiger partial charge in [0, 0.05) is 39.3 Å². The average molecular weight is 504 g/mol. The second-order valence-electron chi connectivity index (χ2n) is 8.99. The Balaban J connectivity index is 1.54. The molecule has 33 heavy (non-hydrogen) atoms. The lowest BCUT2D eigenvalue weighted by atomic mass is 9.93. The van der Waals surface area contributed by atoms with E-state index in [1.807, 2.05) is 0 Å². The fraction of sp³-hybridized carbons (Fsp3) is 0.947. The molecule has 2 heterocycles. The number of alkyl halides is 5. The summed E-state index contributed by atoms with van der Waals surface area (Å²) in [4.78, 5) is 15.4. The Bertz CT molecular complexity index is 640. The van der Waals surface area contributed by atoms with Crippen LogP contribution in [0, 0.1) is 0 Å². The highest BCUT2D eigenvalue weighted by Crippen LogP contribution is 2.26. The molecule has 5 N–H and O–H groups in total. The van der Waals surface area contributed by atoms with Gasteiger partial charge in [-0.1, -0.05) is 0 Å². The number of likely N-dealkylation sites (tertiary alicyclic amines) is 1. The molecule has 9 nitrogen and oxygen atoms in total. The third-order valence-corrected chi connectivity index (χ3v) is 6.48. The first kappa shape index (κ1) is 26.6. The van der Waals surface area contributed by atoms with Gasteiger partial charge in [-0.15, -0.1) is 11.6 Å². The van der Waals surface area contributed by atoms with Crippen LogP contribution in [0.3, 0.4) is 0 Å². The number of hydrogen-bond donors (Lipinski definition) is 5. The highest BCUT2D eigenvalue weighted by atomic mass is 35.5. The molecular formula is C19H34ClF4N7O2. The molecule has 2 aliphatic heterocycles. The van der Waals surface area contributed by atoms with E-state index in [2.05, 4.69) is 26.6 Å². The van der Waals surface area contributed by atoms with Crippen LogP contribution in [0.1, 0.15) is 32.1 Å². The van der Waals surface area contributed by atoms with E-state index in [1.165, 1.54) is 4.90 Å². The first-order chi connectivity index (χ1) is 15.5. The van der Waals surface area contributed by atoms with Gasteiger partial charge in [0.2, 0.25) is 0 Å². The number of piperidine rings is 1. The first-order valence-electron chi connectivity index (χ1n) is 11.2. The zero-order valence-electron chi connectivity index (χ0n) is 18.8. The van der Waals surface area contributed by atoms with Crippen LogP contribution in [-0.4, -0.2) is 98.4 Å². The number of amides is 2. The normalized spacial score (nSPS) is 34.3. The molecule has 0 bridgehead atoms. The van der Waals surface area contributed by atoms with Gasteiger partial charge in [-0.3, -0.25) is 26.6 Å². The van der Waals surface area contributed by atoms with Crippen molar-refractivity contribution in [2.45, 2.75) is 80.8 Å². The van der Waals surface area contributed by atoms with Gasteiger partial charge < -0.3 is 14.5 Å². The lowest BCUT2D eigenvalue weighted by Gasteiger charge is -2.43. The second kappa shape index (κ2) is 11.6. The molecule has 0 aromatic heterocycles. The summed E-state index contributed by atoms with van der Waals surface area (Å²) < 4.78 is 56.7. The molecule has 0 spiro atoms. The van der Waals surface area contributed by atoms with Gasteiger partial charge in [0.25, 0.3) is 0 Å². The van der Waals surface area contributed by atoms with E-state index >= 15 is 0 Å². The molecule has 0 radical (unpaired) electrons. The Morgan fingerprint density at radius 2 is 1.67 bits per heavy atom. The topological polar surface area (TPSA) is 92.9 Å². The SMILES string of the molecule is CN(C)C(=O)N1CCC(NC2NC(NC3CCC(F)C(Cl)C3)NC(OCC(F)(F)F)N2)CC1. The number of carbonyl (C=O) groups excluding carboxylic acids is 1. The summed E-state index contributed by atoms with van der Waals surface area (Å²) in [5, 5.41) is 15.1.